The third-order valence-electron chi connectivity index (χ3n) is 5.73. The fraction of sp³-hybridized carbons (Fsp3) is 0.600. The zero-order valence-electron chi connectivity index (χ0n) is 14.8. The van der Waals surface area contributed by atoms with Crippen LogP contribution in [0.4, 0.5) is 0 Å². The zero-order valence-corrected chi connectivity index (χ0v) is 14.8. The largest absolute Gasteiger partial charge is 0.493 e. The quantitative estimate of drug-likeness (QED) is 0.732. The highest BCUT2D eigenvalue weighted by Gasteiger charge is 2.46. The number of likely N-dealkylation sites (N-methyl/N-ethyl adjacent to an activating group) is 1. The lowest BCUT2D eigenvalue weighted by Gasteiger charge is -2.37. The van der Waals surface area contributed by atoms with Gasteiger partial charge in [-0.15, -0.1) is 0 Å². The normalized spacial score (nSPS) is 29.4. The molecule has 1 aromatic carbocycles. The summed E-state index contributed by atoms with van der Waals surface area (Å²) in [7, 11) is 3.95. The Morgan fingerprint density at radius 1 is 1.22 bits per heavy atom. The van der Waals surface area contributed by atoms with Crippen molar-refractivity contribution in [1.82, 2.24) is 4.90 Å². The van der Waals surface area contributed by atoms with E-state index in [2.05, 4.69) is 50.9 Å². The molecule has 0 fully saturated rings. The number of methoxy groups -OCH3 is 1. The first-order valence-electron chi connectivity index (χ1n) is 8.64. The molecule has 3 heteroatoms. The molecule has 0 saturated heterocycles. The van der Waals surface area contributed by atoms with Gasteiger partial charge in [0.05, 0.1) is 7.11 Å². The third-order valence-corrected chi connectivity index (χ3v) is 5.73. The van der Waals surface area contributed by atoms with Crippen molar-refractivity contribution in [3.05, 3.63) is 34.9 Å². The summed E-state index contributed by atoms with van der Waals surface area (Å²) in [5.41, 5.74) is 4.59. The summed E-state index contributed by atoms with van der Waals surface area (Å²) in [5.74, 6) is 2.86. The van der Waals surface area contributed by atoms with Crippen molar-refractivity contribution in [3.63, 3.8) is 0 Å². The second-order valence-electron chi connectivity index (χ2n) is 8.43. The van der Waals surface area contributed by atoms with E-state index in [1.165, 1.54) is 16.7 Å². The van der Waals surface area contributed by atoms with Gasteiger partial charge in [-0.1, -0.05) is 32.9 Å². The predicted molar refractivity (Wildman–Crippen MR) is 92.1 cm³/mol. The number of hydrogen-bond donors (Lipinski definition) is 0. The van der Waals surface area contributed by atoms with Crippen LogP contribution in [0.2, 0.25) is 0 Å². The van der Waals surface area contributed by atoms with Crippen LogP contribution < -0.4 is 9.47 Å². The van der Waals surface area contributed by atoms with Crippen molar-refractivity contribution < 1.29 is 9.47 Å². The van der Waals surface area contributed by atoms with Crippen LogP contribution in [-0.4, -0.2) is 31.7 Å². The first-order valence-corrected chi connectivity index (χ1v) is 8.64. The molecule has 0 spiro atoms. The highest BCUT2D eigenvalue weighted by molar-refractivity contribution is 5.59. The molecule has 1 aliphatic carbocycles. The summed E-state index contributed by atoms with van der Waals surface area (Å²) in [4.78, 5) is 2.42. The van der Waals surface area contributed by atoms with Crippen LogP contribution in [0.5, 0.6) is 11.5 Å². The van der Waals surface area contributed by atoms with Gasteiger partial charge in [0.15, 0.2) is 11.5 Å². The minimum atomic E-state index is 0.260. The van der Waals surface area contributed by atoms with Crippen molar-refractivity contribution >= 4 is 0 Å². The van der Waals surface area contributed by atoms with E-state index in [0.717, 1.165) is 31.0 Å². The Bertz CT molecular complexity index is 671. The minimum Gasteiger partial charge on any atom is -0.493 e. The standard InChI is InChI=1S/C20H27NO2/c1-20(2,3)14-8-13-11-21(4)10-12-6-7-15(22-5)19-18(12)17(13)16(9-14)23-19/h6-8,14,16-17H,9-11H2,1-5H3. The van der Waals surface area contributed by atoms with Crippen LogP contribution in [0.3, 0.4) is 0 Å². The van der Waals surface area contributed by atoms with Crippen molar-refractivity contribution in [2.75, 3.05) is 20.7 Å². The third kappa shape index (κ3) is 2.28. The van der Waals surface area contributed by atoms with E-state index in [1.54, 1.807) is 7.11 Å². The SMILES string of the molecule is COc1ccc2c3c1OC1CC(C(C)(C)C)C=C(CN(C)C2)C31. The molecule has 1 aromatic rings. The molecule has 0 saturated carbocycles. The highest BCUT2D eigenvalue weighted by Crippen LogP contribution is 2.55. The molecule has 0 radical (unpaired) electrons. The number of ether oxygens (including phenoxy) is 2. The Morgan fingerprint density at radius 3 is 2.70 bits per heavy atom. The summed E-state index contributed by atoms with van der Waals surface area (Å²) in [6.45, 7) is 9.03. The van der Waals surface area contributed by atoms with E-state index in [1.807, 2.05) is 0 Å². The van der Waals surface area contributed by atoms with Crippen LogP contribution in [-0.2, 0) is 6.54 Å². The van der Waals surface area contributed by atoms with E-state index in [9.17, 15) is 0 Å². The van der Waals surface area contributed by atoms with Gasteiger partial charge in [0.25, 0.3) is 0 Å². The van der Waals surface area contributed by atoms with Gasteiger partial charge in [-0.05, 0) is 42.0 Å². The van der Waals surface area contributed by atoms with Crippen LogP contribution in [0.25, 0.3) is 0 Å². The molecule has 2 aliphatic heterocycles. The fourth-order valence-corrected chi connectivity index (χ4v) is 4.49. The number of nitrogens with zero attached hydrogens (tertiary/aromatic N) is 1. The fourth-order valence-electron chi connectivity index (χ4n) is 4.49. The number of hydrogen-bond acceptors (Lipinski definition) is 3. The van der Waals surface area contributed by atoms with Crippen LogP contribution in [0, 0.1) is 11.3 Å². The van der Waals surface area contributed by atoms with Crippen molar-refractivity contribution in [3.8, 4) is 11.5 Å². The molecular formula is C20H27NO2. The molecule has 0 aromatic heterocycles. The van der Waals surface area contributed by atoms with Crippen molar-refractivity contribution in [2.24, 2.45) is 11.3 Å². The van der Waals surface area contributed by atoms with Crippen LogP contribution in [0.15, 0.2) is 23.8 Å². The average molecular weight is 313 g/mol. The molecule has 23 heavy (non-hydrogen) atoms. The number of allylic oxidation sites excluding steroid dienone is 1. The average Bonchev–Trinajstić information content (AvgIpc) is 2.79. The van der Waals surface area contributed by atoms with Crippen LogP contribution >= 0.6 is 0 Å². The summed E-state index contributed by atoms with van der Waals surface area (Å²) < 4.78 is 12.0. The minimum absolute atomic E-state index is 0.260. The smallest absolute Gasteiger partial charge is 0.165 e. The van der Waals surface area contributed by atoms with Gasteiger partial charge in [-0.2, -0.15) is 0 Å². The molecule has 3 nitrogen and oxygen atoms in total. The van der Waals surface area contributed by atoms with Crippen LogP contribution in [0.1, 0.15) is 44.2 Å². The Balaban J connectivity index is 1.87. The van der Waals surface area contributed by atoms with Gasteiger partial charge in [0.1, 0.15) is 6.10 Å². The lowest BCUT2D eigenvalue weighted by atomic mass is 9.69. The molecule has 0 bridgehead atoms. The topological polar surface area (TPSA) is 21.7 Å². The highest BCUT2D eigenvalue weighted by atomic mass is 16.5. The first kappa shape index (κ1) is 15.1. The van der Waals surface area contributed by atoms with E-state index in [4.69, 9.17) is 9.47 Å². The molecule has 3 atom stereocenters. The number of rotatable bonds is 1. The lowest BCUT2D eigenvalue weighted by Crippen LogP contribution is -2.35. The van der Waals surface area contributed by atoms with Gasteiger partial charge >= 0.3 is 0 Å². The van der Waals surface area contributed by atoms with E-state index >= 15 is 0 Å². The molecule has 2 heterocycles. The van der Waals surface area contributed by atoms with E-state index in [-0.39, 0.29) is 11.5 Å². The van der Waals surface area contributed by atoms with E-state index in [0.29, 0.717) is 11.8 Å². The lowest BCUT2D eigenvalue weighted by molar-refractivity contribution is 0.132. The van der Waals surface area contributed by atoms with Gasteiger partial charge in [0, 0.05) is 24.6 Å². The summed E-state index contributed by atoms with van der Waals surface area (Å²) in [6.07, 6.45) is 3.90. The maximum atomic E-state index is 6.46. The van der Waals surface area contributed by atoms with Crippen molar-refractivity contribution in [1.29, 1.82) is 0 Å². The molecule has 0 N–H and O–H groups in total. The zero-order chi connectivity index (χ0) is 16.4. The molecule has 3 unspecified atom stereocenters. The van der Waals surface area contributed by atoms with Gasteiger partial charge < -0.3 is 9.47 Å². The predicted octanol–water partition coefficient (Wildman–Crippen LogP) is 3.98. The maximum Gasteiger partial charge on any atom is 0.165 e. The second-order valence-corrected chi connectivity index (χ2v) is 8.43. The molecule has 124 valence electrons. The second kappa shape index (κ2) is 5.01. The Kier molecular flexibility index (Phi) is 3.28. The van der Waals surface area contributed by atoms with Gasteiger partial charge in [-0.3, -0.25) is 4.90 Å². The van der Waals surface area contributed by atoms with E-state index < -0.39 is 0 Å². The van der Waals surface area contributed by atoms with Gasteiger partial charge in [0.2, 0.25) is 0 Å². The molecule has 4 rings (SSSR count). The Hall–Kier alpha value is -1.48. The summed E-state index contributed by atoms with van der Waals surface area (Å²) in [6, 6.07) is 4.29. The Morgan fingerprint density at radius 2 is 2.00 bits per heavy atom. The molecule has 3 aliphatic rings. The monoisotopic (exact) mass is 313 g/mol. The summed E-state index contributed by atoms with van der Waals surface area (Å²) in [5, 5.41) is 0. The Labute approximate surface area is 139 Å². The molecular weight excluding hydrogens is 286 g/mol. The molecule has 0 amide bonds. The first-order chi connectivity index (χ1) is 10.9. The number of benzene rings is 1. The van der Waals surface area contributed by atoms with Crippen molar-refractivity contribution in [2.45, 2.75) is 45.8 Å². The maximum absolute atomic E-state index is 6.46. The van der Waals surface area contributed by atoms with Gasteiger partial charge in [-0.25, -0.2) is 0 Å². The summed E-state index contributed by atoms with van der Waals surface area (Å²) >= 11 is 0.